The van der Waals surface area contributed by atoms with E-state index in [1.165, 1.54) is 11.1 Å². The molecule has 0 aliphatic heterocycles. The van der Waals surface area contributed by atoms with Gasteiger partial charge >= 0.3 is 8.25 Å². The SMILES string of the molecule is O=[PH](OCCCc1cc(Br)cc(Br)c1)OCCCc1cc(Br)cc(Br)c1. The number of aryl methyl sites for hydroxylation is 2. The molecule has 0 spiro atoms. The normalized spacial score (nSPS) is 11.3. The highest BCUT2D eigenvalue weighted by atomic mass is 79.9. The van der Waals surface area contributed by atoms with Gasteiger partial charge in [-0.3, -0.25) is 4.57 Å². The molecule has 0 saturated carbocycles. The molecule has 2 aromatic rings. The summed E-state index contributed by atoms with van der Waals surface area (Å²) in [7, 11) is -2.42. The van der Waals surface area contributed by atoms with Crippen LogP contribution in [0.15, 0.2) is 54.3 Å². The maximum atomic E-state index is 11.8. The third-order valence-electron chi connectivity index (χ3n) is 3.50. The summed E-state index contributed by atoms with van der Waals surface area (Å²) < 4.78 is 26.5. The number of rotatable bonds is 10. The van der Waals surface area contributed by atoms with Crippen LogP contribution in [0.4, 0.5) is 0 Å². The number of halogens is 4. The summed E-state index contributed by atoms with van der Waals surface area (Å²) in [6.07, 6.45) is 3.33. The Morgan fingerprint density at radius 2 is 1.00 bits per heavy atom. The van der Waals surface area contributed by atoms with Gasteiger partial charge in [0.25, 0.3) is 0 Å². The van der Waals surface area contributed by atoms with E-state index in [4.69, 9.17) is 9.05 Å². The van der Waals surface area contributed by atoms with Crippen molar-refractivity contribution in [2.24, 2.45) is 0 Å². The molecule has 3 nitrogen and oxygen atoms in total. The first-order valence-electron chi connectivity index (χ1n) is 8.12. The Morgan fingerprint density at radius 3 is 1.35 bits per heavy atom. The first-order valence-corrected chi connectivity index (χ1v) is 12.5. The Kier molecular flexibility index (Phi) is 10.7. The van der Waals surface area contributed by atoms with E-state index in [1.807, 2.05) is 12.1 Å². The third-order valence-corrected chi connectivity index (χ3v) is 6.22. The zero-order valence-electron chi connectivity index (χ0n) is 13.9. The average Bonchev–Trinajstić information content (AvgIpc) is 2.54. The van der Waals surface area contributed by atoms with Gasteiger partial charge in [0.05, 0.1) is 13.2 Å². The van der Waals surface area contributed by atoms with Crippen molar-refractivity contribution in [2.75, 3.05) is 13.2 Å². The minimum absolute atomic E-state index is 0.431. The van der Waals surface area contributed by atoms with Crippen molar-refractivity contribution in [3.63, 3.8) is 0 Å². The molecule has 0 bridgehead atoms. The van der Waals surface area contributed by atoms with Gasteiger partial charge in [0.15, 0.2) is 0 Å². The molecule has 8 heteroatoms. The fourth-order valence-electron chi connectivity index (χ4n) is 2.42. The van der Waals surface area contributed by atoms with E-state index in [0.29, 0.717) is 13.2 Å². The molecule has 0 aliphatic carbocycles. The molecular formula is C18H19Br4O3P. The predicted octanol–water partition coefficient (Wildman–Crippen LogP) is 7.72. The largest absolute Gasteiger partial charge is 0.319 e. The molecule has 0 N–H and O–H groups in total. The van der Waals surface area contributed by atoms with Crippen molar-refractivity contribution in [2.45, 2.75) is 25.7 Å². The van der Waals surface area contributed by atoms with Crippen molar-refractivity contribution in [1.29, 1.82) is 0 Å². The first kappa shape index (κ1) is 22.8. The third kappa shape index (κ3) is 9.13. The zero-order valence-corrected chi connectivity index (χ0v) is 21.3. The number of benzene rings is 2. The van der Waals surface area contributed by atoms with E-state index in [0.717, 1.165) is 43.6 Å². The highest BCUT2D eigenvalue weighted by Gasteiger charge is 2.03. The van der Waals surface area contributed by atoms with Crippen LogP contribution < -0.4 is 0 Å². The summed E-state index contributed by atoms with van der Waals surface area (Å²) >= 11 is 13.9. The quantitative estimate of drug-likeness (QED) is 0.199. The molecule has 0 aromatic heterocycles. The van der Waals surface area contributed by atoms with Crippen LogP contribution in [0.25, 0.3) is 0 Å². The van der Waals surface area contributed by atoms with E-state index in [-0.39, 0.29) is 0 Å². The second-order valence-electron chi connectivity index (χ2n) is 5.71. The molecular weight excluding hydrogens is 615 g/mol. The number of hydrogen-bond donors (Lipinski definition) is 0. The molecule has 0 heterocycles. The van der Waals surface area contributed by atoms with Crippen molar-refractivity contribution in [3.05, 3.63) is 65.4 Å². The molecule has 0 fully saturated rings. The van der Waals surface area contributed by atoms with Crippen LogP contribution in [0.5, 0.6) is 0 Å². The van der Waals surface area contributed by atoms with Crippen LogP contribution in [0, 0.1) is 0 Å². The molecule has 142 valence electrons. The standard InChI is InChI=1S/C18H19Br4O3P/c19-15-7-13(8-16(20)11-15)3-1-5-24-26(23)25-6-2-4-14-9-17(21)12-18(22)10-14/h7-12,26H,1-6H2. The maximum Gasteiger partial charge on any atom is 0.319 e. The molecule has 0 aliphatic rings. The molecule has 0 amide bonds. The van der Waals surface area contributed by atoms with Gasteiger partial charge in [-0.05, 0) is 73.2 Å². The Bertz CT molecular complexity index is 653. The smallest absolute Gasteiger partial charge is 0.311 e. The average molecular weight is 634 g/mol. The minimum Gasteiger partial charge on any atom is -0.311 e. The van der Waals surface area contributed by atoms with Gasteiger partial charge in [-0.25, -0.2) is 0 Å². The van der Waals surface area contributed by atoms with Crippen LogP contribution in [0.3, 0.4) is 0 Å². The van der Waals surface area contributed by atoms with Crippen LogP contribution in [0.2, 0.25) is 0 Å². The highest BCUT2D eigenvalue weighted by Crippen LogP contribution is 2.26. The van der Waals surface area contributed by atoms with E-state index in [1.54, 1.807) is 0 Å². The summed E-state index contributed by atoms with van der Waals surface area (Å²) in [5.74, 6) is 0. The van der Waals surface area contributed by atoms with Gasteiger partial charge in [0, 0.05) is 17.9 Å². The molecule has 0 unspecified atom stereocenters. The predicted molar refractivity (Wildman–Crippen MR) is 121 cm³/mol. The fourth-order valence-corrected chi connectivity index (χ4v) is 5.90. The fraction of sp³-hybridized carbons (Fsp3) is 0.333. The summed E-state index contributed by atoms with van der Waals surface area (Å²) in [4.78, 5) is 0. The molecule has 2 aromatic carbocycles. The van der Waals surface area contributed by atoms with Gasteiger partial charge in [-0.2, -0.15) is 0 Å². The topological polar surface area (TPSA) is 35.5 Å². The van der Waals surface area contributed by atoms with Crippen LogP contribution in [0.1, 0.15) is 24.0 Å². The zero-order chi connectivity index (χ0) is 18.9. The molecule has 0 saturated heterocycles. The van der Waals surface area contributed by atoms with Crippen molar-refractivity contribution < 1.29 is 13.6 Å². The van der Waals surface area contributed by atoms with E-state index in [2.05, 4.69) is 88.0 Å². The van der Waals surface area contributed by atoms with Gasteiger partial charge < -0.3 is 9.05 Å². The Labute approximate surface area is 188 Å². The lowest BCUT2D eigenvalue weighted by molar-refractivity contribution is 0.222. The Hall–Kier alpha value is 0.510. The van der Waals surface area contributed by atoms with Crippen LogP contribution in [-0.4, -0.2) is 13.2 Å². The summed E-state index contributed by atoms with van der Waals surface area (Å²) in [6, 6.07) is 12.3. The van der Waals surface area contributed by atoms with Crippen LogP contribution in [-0.2, 0) is 26.5 Å². The second-order valence-corrected chi connectivity index (χ2v) is 10.4. The number of hydrogen-bond acceptors (Lipinski definition) is 3. The molecule has 0 radical (unpaired) electrons. The summed E-state index contributed by atoms with van der Waals surface area (Å²) in [5.41, 5.74) is 2.41. The highest BCUT2D eigenvalue weighted by molar-refractivity contribution is 9.11. The van der Waals surface area contributed by atoms with Crippen molar-refractivity contribution >= 4 is 72.0 Å². The van der Waals surface area contributed by atoms with Gasteiger partial charge in [0.2, 0.25) is 0 Å². The Morgan fingerprint density at radius 1 is 0.654 bits per heavy atom. The van der Waals surface area contributed by atoms with Gasteiger partial charge in [-0.1, -0.05) is 63.7 Å². The molecule has 2 rings (SSSR count). The van der Waals surface area contributed by atoms with Gasteiger partial charge in [-0.15, -0.1) is 0 Å². The lowest BCUT2D eigenvalue weighted by Crippen LogP contribution is -1.96. The van der Waals surface area contributed by atoms with E-state index >= 15 is 0 Å². The summed E-state index contributed by atoms with van der Waals surface area (Å²) in [5, 5.41) is 0. The van der Waals surface area contributed by atoms with Crippen molar-refractivity contribution in [1.82, 2.24) is 0 Å². The first-order chi connectivity index (χ1) is 12.4. The second kappa shape index (κ2) is 12.2. The van der Waals surface area contributed by atoms with E-state index in [9.17, 15) is 4.57 Å². The van der Waals surface area contributed by atoms with Crippen LogP contribution >= 0.6 is 72.0 Å². The maximum absolute atomic E-state index is 11.8. The molecule has 26 heavy (non-hydrogen) atoms. The lowest BCUT2D eigenvalue weighted by atomic mass is 10.1. The lowest BCUT2D eigenvalue weighted by Gasteiger charge is -2.07. The molecule has 0 atom stereocenters. The summed E-state index contributed by atoms with van der Waals surface area (Å²) in [6.45, 7) is 0.862. The van der Waals surface area contributed by atoms with Crippen molar-refractivity contribution in [3.8, 4) is 0 Å². The minimum atomic E-state index is -2.42. The van der Waals surface area contributed by atoms with E-state index < -0.39 is 8.25 Å². The monoisotopic (exact) mass is 630 g/mol. The van der Waals surface area contributed by atoms with Gasteiger partial charge in [0.1, 0.15) is 0 Å². The Balaban J connectivity index is 1.59.